The maximum Gasteiger partial charge on any atom is 0.320 e. The first-order chi connectivity index (χ1) is 13.0. The van der Waals surface area contributed by atoms with Crippen LogP contribution >= 0.6 is 0 Å². The van der Waals surface area contributed by atoms with Gasteiger partial charge in [0.1, 0.15) is 12.3 Å². The van der Waals surface area contributed by atoms with Crippen LogP contribution in [-0.2, 0) is 17.8 Å². The van der Waals surface area contributed by atoms with Gasteiger partial charge in [-0.3, -0.25) is 4.79 Å². The number of urea groups is 1. The van der Waals surface area contributed by atoms with Crippen LogP contribution in [0.4, 0.5) is 4.79 Å². The largest absolute Gasteiger partial charge is 0.467 e. The standard InChI is InChI=1S/C21H27N3O3/c1-4-13-24(21(26)22(2)3)17-20(25)23(16-19-11-8-15-27-19)14-12-18-9-6-5-7-10-18/h4-11,15H,1,12-14,16-17H2,2-3H3. The number of carbonyl (C=O) groups is 2. The number of carbonyl (C=O) groups excluding carboxylic acids is 2. The van der Waals surface area contributed by atoms with Gasteiger partial charge in [0.25, 0.3) is 0 Å². The summed E-state index contributed by atoms with van der Waals surface area (Å²) >= 11 is 0. The lowest BCUT2D eigenvalue weighted by Crippen LogP contribution is -2.46. The molecule has 27 heavy (non-hydrogen) atoms. The Morgan fingerprint density at radius 1 is 1.07 bits per heavy atom. The Balaban J connectivity index is 2.08. The molecule has 144 valence electrons. The van der Waals surface area contributed by atoms with Crippen LogP contribution in [0.3, 0.4) is 0 Å². The summed E-state index contributed by atoms with van der Waals surface area (Å²) < 4.78 is 5.41. The van der Waals surface area contributed by atoms with E-state index in [9.17, 15) is 9.59 Å². The number of benzene rings is 1. The van der Waals surface area contributed by atoms with Crippen LogP contribution in [0.15, 0.2) is 65.8 Å². The second kappa shape index (κ2) is 10.2. The second-order valence-electron chi connectivity index (χ2n) is 6.48. The van der Waals surface area contributed by atoms with Gasteiger partial charge in [0.15, 0.2) is 0 Å². The van der Waals surface area contributed by atoms with Gasteiger partial charge in [-0.2, -0.15) is 0 Å². The Morgan fingerprint density at radius 2 is 1.81 bits per heavy atom. The minimum Gasteiger partial charge on any atom is -0.467 e. The first-order valence-electron chi connectivity index (χ1n) is 8.92. The Bertz CT molecular complexity index is 726. The van der Waals surface area contributed by atoms with Crippen molar-refractivity contribution in [2.24, 2.45) is 0 Å². The predicted molar refractivity (Wildman–Crippen MR) is 105 cm³/mol. The molecule has 6 heteroatoms. The summed E-state index contributed by atoms with van der Waals surface area (Å²) in [4.78, 5) is 29.9. The van der Waals surface area contributed by atoms with Gasteiger partial charge in [0.05, 0.1) is 12.8 Å². The van der Waals surface area contributed by atoms with Gasteiger partial charge in [-0.05, 0) is 24.1 Å². The van der Waals surface area contributed by atoms with E-state index in [1.54, 1.807) is 37.4 Å². The van der Waals surface area contributed by atoms with Crippen LogP contribution in [0.5, 0.6) is 0 Å². The smallest absolute Gasteiger partial charge is 0.320 e. The maximum atomic E-state index is 12.9. The van der Waals surface area contributed by atoms with Crippen LogP contribution in [0.25, 0.3) is 0 Å². The lowest BCUT2D eigenvalue weighted by molar-refractivity contribution is -0.132. The van der Waals surface area contributed by atoms with Gasteiger partial charge in [-0.15, -0.1) is 6.58 Å². The van der Waals surface area contributed by atoms with E-state index in [4.69, 9.17) is 4.42 Å². The molecule has 2 aromatic rings. The molecule has 0 fully saturated rings. The molecule has 0 unspecified atom stereocenters. The zero-order chi connectivity index (χ0) is 19.6. The van der Waals surface area contributed by atoms with E-state index in [-0.39, 0.29) is 18.5 Å². The van der Waals surface area contributed by atoms with Crippen molar-refractivity contribution in [3.05, 3.63) is 72.7 Å². The number of nitrogens with zero attached hydrogens (tertiary/aromatic N) is 3. The minimum atomic E-state index is -0.218. The van der Waals surface area contributed by atoms with Crippen LogP contribution < -0.4 is 0 Å². The highest BCUT2D eigenvalue weighted by Crippen LogP contribution is 2.09. The molecule has 2 rings (SSSR count). The minimum absolute atomic E-state index is 0.00146. The molecule has 0 N–H and O–H groups in total. The second-order valence-corrected chi connectivity index (χ2v) is 6.48. The summed E-state index contributed by atoms with van der Waals surface area (Å²) in [6.07, 6.45) is 3.95. The predicted octanol–water partition coefficient (Wildman–Crippen LogP) is 3.02. The highest BCUT2D eigenvalue weighted by Gasteiger charge is 2.22. The summed E-state index contributed by atoms with van der Waals surface area (Å²) in [7, 11) is 3.33. The van der Waals surface area contributed by atoms with E-state index in [0.29, 0.717) is 25.4 Å². The van der Waals surface area contributed by atoms with Crippen molar-refractivity contribution in [2.45, 2.75) is 13.0 Å². The van der Waals surface area contributed by atoms with Crippen molar-refractivity contribution in [3.63, 3.8) is 0 Å². The Kier molecular flexibility index (Phi) is 7.67. The molecule has 3 amide bonds. The topological polar surface area (TPSA) is 57.0 Å². The molecule has 1 aromatic carbocycles. The molecule has 6 nitrogen and oxygen atoms in total. The van der Waals surface area contributed by atoms with Gasteiger partial charge < -0.3 is 19.1 Å². The van der Waals surface area contributed by atoms with E-state index in [1.165, 1.54) is 9.80 Å². The van der Waals surface area contributed by atoms with E-state index in [0.717, 1.165) is 12.0 Å². The quantitative estimate of drug-likeness (QED) is 0.639. The van der Waals surface area contributed by atoms with Crippen LogP contribution in [0, 0.1) is 0 Å². The van der Waals surface area contributed by atoms with E-state index in [1.807, 2.05) is 36.4 Å². The lowest BCUT2D eigenvalue weighted by atomic mass is 10.1. The van der Waals surface area contributed by atoms with Gasteiger partial charge in [-0.1, -0.05) is 36.4 Å². The zero-order valence-corrected chi connectivity index (χ0v) is 16.0. The Labute approximate surface area is 160 Å². The van der Waals surface area contributed by atoms with Crippen molar-refractivity contribution in [1.82, 2.24) is 14.7 Å². The summed E-state index contributed by atoms with van der Waals surface area (Å²) in [5, 5.41) is 0. The number of rotatable bonds is 9. The summed E-state index contributed by atoms with van der Waals surface area (Å²) in [6, 6.07) is 13.4. The van der Waals surface area contributed by atoms with Crippen molar-refractivity contribution >= 4 is 11.9 Å². The third-order valence-corrected chi connectivity index (χ3v) is 4.12. The molecular weight excluding hydrogens is 342 g/mol. The van der Waals surface area contributed by atoms with Gasteiger partial charge >= 0.3 is 6.03 Å². The number of hydrogen-bond donors (Lipinski definition) is 0. The number of amides is 3. The molecule has 0 spiro atoms. The molecule has 0 aliphatic carbocycles. The number of furan rings is 1. The fourth-order valence-corrected chi connectivity index (χ4v) is 2.70. The van der Waals surface area contributed by atoms with E-state index >= 15 is 0 Å². The molecule has 0 aliphatic rings. The highest BCUT2D eigenvalue weighted by molar-refractivity contribution is 5.84. The van der Waals surface area contributed by atoms with E-state index in [2.05, 4.69) is 6.58 Å². The highest BCUT2D eigenvalue weighted by atomic mass is 16.3. The van der Waals surface area contributed by atoms with Crippen LogP contribution in [0.1, 0.15) is 11.3 Å². The monoisotopic (exact) mass is 369 g/mol. The van der Waals surface area contributed by atoms with Crippen LogP contribution in [0.2, 0.25) is 0 Å². The summed E-state index contributed by atoms with van der Waals surface area (Å²) in [6.45, 7) is 4.91. The fourth-order valence-electron chi connectivity index (χ4n) is 2.70. The van der Waals surface area contributed by atoms with Gasteiger partial charge in [-0.25, -0.2) is 4.79 Å². The summed E-state index contributed by atoms with van der Waals surface area (Å²) in [5.41, 5.74) is 1.15. The molecule has 0 aliphatic heterocycles. The molecule has 1 aromatic heterocycles. The Hall–Kier alpha value is -3.02. The van der Waals surface area contributed by atoms with Crippen molar-refractivity contribution in [3.8, 4) is 0 Å². The Morgan fingerprint density at radius 3 is 2.41 bits per heavy atom. The van der Waals surface area contributed by atoms with Crippen molar-refractivity contribution in [1.29, 1.82) is 0 Å². The van der Waals surface area contributed by atoms with Gasteiger partial charge in [0, 0.05) is 27.2 Å². The fraction of sp³-hybridized carbons (Fsp3) is 0.333. The first kappa shape index (κ1) is 20.3. The summed E-state index contributed by atoms with van der Waals surface area (Å²) in [5.74, 6) is 0.588. The van der Waals surface area contributed by atoms with Crippen LogP contribution in [-0.4, -0.2) is 60.4 Å². The van der Waals surface area contributed by atoms with Gasteiger partial charge in [0.2, 0.25) is 5.91 Å². The normalized spacial score (nSPS) is 10.3. The molecule has 0 saturated heterocycles. The molecule has 1 heterocycles. The lowest BCUT2D eigenvalue weighted by Gasteiger charge is -2.28. The third kappa shape index (κ3) is 6.33. The molecule has 0 bridgehead atoms. The van der Waals surface area contributed by atoms with Crippen molar-refractivity contribution < 1.29 is 14.0 Å². The molecule has 0 saturated carbocycles. The first-order valence-corrected chi connectivity index (χ1v) is 8.92. The maximum absolute atomic E-state index is 12.9. The number of hydrogen-bond acceptors (Lipinski definition) is 3. The molecule has 0 radical (unpaired) electrons. The van der Waals surface area contributed by atoms with E-state index < -0.39 is 0 Å². The van der Waals surface area contributed by atoms with Crippen molar-refractivity contribution in [2.75, 3.05) is 33.7 Å². The molecule has 0 atom stereocenters. The zero-order valence-electron chi connectivity index (χ0n) is 16.0. The third-order valence-electron chi connectivity index (χ3n) is 4.12. The SMILES string of the molecule is C=CCN(CC(=O)N(CCc1ccccc1)Cc1ccco1)C(=O)N(C)C. The average molecular weight is 369 g/mol. The molecular formula is C21H27N3O3. The average Bonchev–Trinajstić information content (AvgIpc) is 3.18.